The van der Waals surface area contributed by atoms with Gasteiger partial charge in [0.25, 0.3) is 5.91 Å². The Hall–Kier alpha value is -2.75. The smallest absolute Gasteiger partial charge is 0.326 e. The average Bonchev–Trinajstić information content (AvgIpc) is 2.60. The van der Waals surface area contributed by atoms with Crippen molar-refractivity contribution in [2.45, 2.75) is 18.5 Å². The second kappa shape index (κ2) is 7.24. The van der Waals surface area contributed by atoms with Gasteiger partial charge in [-0.1, -0.05) is 29.3 Å². The molecular formula is C18H13Cl2N3O3. The van der Waals surface area contributed by atoms with Crippen LogP contribution in [-0.4, -0.2) is 23.0 Å². The van der Waals surface area contributed by atoms with Crippen LogP contribution in [0.5, 0.6) is 0 Å². The lowest BCUT2D eigenvalue weighted by molar-refractivity contribution is -0.138. The van der Waals surface area contributed by atoms with E-state index in [1.165, 1.54) is 6.07 Å². The zero-order chi connectivity index (χ0) is 18.8. The number of rotatable bonds is 3. The number of amides is 1. The van der Waals surface area contributed by atoms with Crippen LogP contribution in [0.1, 0.15) is 33.9 Å². The van der Waals surface area contributed by atoms with Crippen molar-refractivity contribution in [3.8, 4) is 6.07 Å². The van der Waals surface area contributed by atoms with E-state index in [1.807, 2.05) is 6.07 Å². The number of hydrogen-bond acceptors (Lipinski definition) is 4. The molecule has 8 heteroatoms. The normalized spacial score (nSPS) is 18.2. The molecular weight excluding hydrogens is 377 g/mol. The molecule has 3 rings (SSSR count). The highest BCUT2D eigenvalue weighted by Crippen LogP contribution is 2.40. The van der Waals surface area contributed by atoms with Crippen molar-refractivity contribution < 1.29 is 14.7 Å². The zero-order valence-corrected chi connectivity index (χ0v) is 14.8. The molecule has 0 saturated carbocycles. The first kappa shape index (κ1) is 18.1. The Morgan fingerprint density at radius 2 is 2.04 bits per heavy atom. The number of halogens is 2. The highest BCUT2D eigenvalue weighted by atomic mass is 35.5. The standard InChI is InChI=1S/C18H13Cl2N3O3/c19-11-5-12(20)16-13(6-11)22-15(18(25)26)7-14(16)23-17(24)10-3-1-2-9(4-10)8-21/h1-6,14-15,22H,7H2,(H,23,24)(H,25,26)/t14-,15+/m1/s1. The lowest BCUT2D eigenvalue weighted by Crippen LogP contribution is -2.41. The first-order chi connectivity index (χ1) is 12.4. The Labute approximate surface area is 159 Å². The number of hydrogen-bond donors (Lipinski definition) is 3. The van der Waals surface area contributed by atoms with Gasteiger partial charge >= 0.3 is 5.97 Å². The molecule has 1 aliphatic heterocycles. The number of carbonyl (C=O) groups excluding carboxylic acids is 1. The fourth-order valence-electron chi connectivity index (χ4n) is 2.92. The molecule has 1 aliphatic rings. The number of anilines is 1. The van der Waals surface area contributed by atoms with Gasteiger partial charge in [0, 0.05) is 33.3 Å². The van der Waals surface area contributed by atoms with Crippen molar-refractivity contribution in [2.24, 2.45) is 0 Å². The van der Waals surface area contributed by atoms with Crippen LogP contribution < -0.4 is 10.6 Å². The number of carboxylic acids is 1. The predicted octanol–water partition coefficient (Wildman–Crippen LogP) is 3.60. The van der Waals surface area contributed by atoms with Gasteiger partial charge in [0.15, 0.2) is 0 Å². The monoisotopic (exact) mass is 389 g/mol. The summed E-state index contributed by atoms with van der Waals surface area (Å²) >= 11 is 12.3. The van der Waals surface area contributed by atoms with Gasteiger partial charge in [-0.25, -0.2) is 4.79 Å². The van der Waals surface area contributed by atoms with Crippen molar-refractivity contribution in [3.63, 3.8) is 0 Å². The van der Waals surface area contributed by atoms with E-state index in [9.17, 15) is 14.7 Å². The summed E-state index contributed by atoms with van der Waals surface area (Å²) in [7, 11) is 0. The maximum Gasteiger partial charge on any atom is 0.326 e. The van der Waals surface area contributed by atoms with Crippen molar-refractivity contribution >= 4 is 40.8 Å². The topological polar surface area (TPSA) is 102 Å². The molecule has 0 aromatic heterocycles. The summed E-state index contributed by atoms with van der Waals surface area (Å²) in [6.45, 7) is 0. The molecule has 0 radical (unpaired) electrons. The fourth-order valence-corrected chi connectivity index (χ4v) is 3.55. The molecule has 0 bridgehead atoms. The number of aliphatic carboxylic acids is 1. The molecule has 26 heavy (non-hydrogen) atoms. The van der Waals surface area contributed by atoms with Crippen LogP contribution >= 0.6 is 23.2 Å². The molecule has 2 aromatic carbocycles. The van der Waals surface area contributed by atoms with Crippen LogP contribution in [0.15, 0.2) is 36.4 Å². The SMILES string of the molecule is N#Cc1cccc(C(=O)N[C@@H]2C[C@@H](C(=O)O)Nc3cc(Cl)cc(Cl)c32)c1. The van der Waals surface area contributed by atoms with Crippen molar-refractivity contribution in [2.75, 3.05) is 5.32 Å². The molecule has 6 nitrogen and oxygen atoms in total. The maximum absolute atomic E-state index is 12.6. The van der Waals surface area contributed by atoms with Crippen molar-refractivity contribution in [1.29, 1.82) is 5.26 Å². The highest BCUT2D eigenvalue weighted by Gasteiger charge is 2.33. The lowest BCUT2D eigenvalue weighted by Gasteiger charge is -2.32. The third kappa shape index (κ3) is 3.59. The second-order valence-corrected chi connectivity index (χ2v) is 6.68. The van der Waals surface area contributed by atoms with Crippen LogP contribution in [-0.2, 0) is 4.79 Å². The van der Waals surface area contributed by atoms with E-state index in [4.69, 9.17) is 28.5 Å². The number of benzene rings is 2. The van der Waals surface area contributed by atoms with Crippen molar-refractivity contribution in [3.05, 3.63) is 63.1 Å². The van der Waals surface area contributed by atoms with Crippen LogP contribution in [0, 0.1) is 11.3 Å². The maximum atomic E-state index is 12.6. The van der Waals surface area contributed by atoms with E-state index < -0.39 is 24.0 Å². The van der Waals surface area contributed by atoms with Gasteiger partial charge in [0.2, 0.25) is 0 Å². The molecule has 0 spiro atoms. The first-order valence-electron chi connectivity index (χ1n) is 7.68. The van der Waals surface area contributed by atoms with E-state index in [0.717, 1.165) is 0 Å². The number of carboxylic acid groups (broad SMARTS) is 1. The van der Waals surface area contributed by atoms with Crippen LogP contribution in [0.4, 0.5) is 5.69 Å². The Morgan fingerprint density at radius 3 is 2.73 bits per heavy atom. The highest BCUT2D eigenvalue weighted by molar-refractivity contribution is 6.35. The first-order valence-corrected chi connectivity index (χ1v) is 8.44. The number of nitrogens with zero attached hydrogens (tertiary/aromatic N) is 1. The van der Waals surface area contributed by atoms with E-state index in [-0.39, 0.29) is 6.42 Å². The zero-order valence-electron chi connectivity index (χ0n) is 13.3. The third-order valence-corrected chi connectivity index (χ3v) is 4.63. The molecule has 132 valence electrons. The molecule has 0 fully saturated rings. The summed E-state index contributed by atoms with van der Waals surface area (Å²) in [6.07, 6.45) is 0.118. The molecule has 1 heterocycles. The van der Waals surface area contributed by atoms with E-state index in [1.54, 1.807) is 30.3 Å². The fraction of sp³-hybridized carbons (Fsp3) is 0.167. The number of nitrogens with one attached hydrogen (secondary N) is 2. The van der Waals surface area contributed by atoms with E-state index in [0.29, 0.717) is 32.4 Å². The molecule has 1 amide bonds. The summed E-state index contributed by atoms with van der Waals surface area (Å²) in [4.78, 5) is 24.0. The molecule has 3 N–H and O–H groups in total. The molecule has 0 unspecified atom stereocenters. The van der Waals surface area contributed by atoms with Gasteiger partial charge in [-0.2, -0.15) is 5.26 Å². The third-order valence-electron chi connectivity index (χ3n) is 4.10. The summed E-state index contributed by atoms with van der Waals surface area (Å²) in [5.41, 5.74) is 1.72. The number of nitriles is 1. The Kier molecular flexibility index (Phi) is 5.03. The lowest BCUT2D eigenvalue weighted by atomic mass is 9.92. The van der Waals surface area contributed by atoms with Gasteiger partial charge in [-0.3, -0.25) is 4.79 Å². The molecule has 2 atom stereocenters. The predicted molar refractivity (Wildman–Crippen MR) is 97.5 cm³/mol. The minimum Gasteiger partial charge on any atom is -0.480 e. The molecule has 2 aromatic rings. The average molecular weight is 390 g/mol. The Balaban J connectivity index is 1.95. The Morgan fingerprint density at radius 1 is 1.27 bits per heavy atom. The van der Waals surface area contributed by atoms with Crippen LogP contribution in [0.2, 0.25) is 10.0 Å². The summed E-state index contributed by atoms with van der Waals surface area (Å²) < 4.78 is 0. The largest absolute Gasteiger partial charge is 0.480 e. The van der Waals surface area contributed by atoms with Gasteiger partial charge in [0.1, 0.15) is 6.04 Å². The van der Waals surface area contributed by atoms with Gasteiger partial charge in [0.05, 0.1) is 17.7 Å². The van der Waals surface area contributed by atoms with Gasteiger partial charge in [-0.15, -0.1) is 0 Å². The molecule has 0 aliphatic carbocycles. The minimum absolute atomic E-state index is 0.118. The molecule has 0 saturated heterocycles. The van der Waals surface area contributed by atoms with E-state index in [2.05, 4.69) is 10.6 Å². The van der Waals surface area contributed by atoms with Crippen molar-refractivity contribution in [1.82, 2.24) is 5.32 Å². The van der Waals surface area contributed by atoms with Crippen LogP contribution in [0.3, 0.4) is 0 Å². The van der Waals surface area contributed by atoms with Gasteiger partial charge in [-0.05, 0) is 30.3 Å². The quantitative estimate of drug-likeness (QED) is 0.743. The minimum atomic E-state index is -1.04. The Bertz CT molecular complexity index is 940. The van der Waals surface area contributed by atoms with Crippen LogP contribution in [0.25, 0.3) is 0 Å². The van der Waals surface area contributed by atoms with E-state index >= 15 is 0 Å². The number of fused-ring (bicyclic) bond motifs is 1. The van der Waals surface area contributed by atoms with Gasteiger partial charge < -0.3 is 15.7 Å². The second-order valence-electron chi connectivity index (χ2n) is 5.84. The summed E-state index contributed by atoms with van der Waals surface area (Å²) in [6, 6.07) is 9.83. The summed E-state index contributed by atoms with van der Waals surface area (Å²) in [5, 5.41) is 24.7. The summed E-state index contributed by atoms with van der Waals surface area (Å²) in [5.74, 6) is -1.47. The number of carbonyl (C=O) groups is 2.